The van der Waals surface area contributed by atoms with E-state index >= 15 is 0 Å². The Morgan fingerprint density at radius 3 is 2.70 bits per heavy atom. The van der Waals surface area contributed by atoms with E-state index in [4.69, 9.17) is 14.6 Å². The van der Waals surface area contributed by atoms with E-state index in [9.17, 15) is 0 Å². The number of pyridine rings is 2. The molecule has 0 bridgehead atoms. The summed E-state index contributed by atoms with van der Waals surface area (Å²) in [5.41, 5.74) is 3.37. The lowest BCUT2D eigenvalue weighted by molar-refractivity contribution is 0.122. The molecule has 0 atom stereocenters. The normalized spacial score (nSPS) is 14.1. The lowest BCUT2D eigenvalue weighted by Crippen LogP contribution is -2.36. The van der Waals surface area contributed by atoms with Crippen molar-refractivity contribution in [2.45, 2.75) is 0 Å². The largest absolute Gasteiger partial charge is 0.481 e. The molecule has 9 nitrogen and oxygen atoms in total. The van der Waals surface area contributed by atoms with Crippen LogP contribution >= 0.6 is 0 Å². The summed E-state index contributed by atoms with van der Waals surface area (Å²) in [6, 6.07) is 11.6. The van der Waals surface area contributed by atoms with Crippen molar-refractivity contribution in [3.05, 3.63) is 55.0 Å². The van der Waals surface area contributed by atoms with Crippen molar-refractivity contribution < 1.29 is 9.47 Å². The summed E-state index contributed by atoms with van der Waals surface area (Å²) in [6.45, 7) is 3.12. The summed E-state index contributed by atoms with van der Waals surface area (Å²) in [5, 5.41) is 8.15. The Morgan fingerprint density at radius 2 is 1.90 bits per heavy atom. The van der Waals surface area contributed by atoms with Gasteiger partial charge in [0.2, 0.25) is 5.88 Å². The third-order valence-electron chi connectivity index (χ3n) is 4.96. The van der Waals surface area contributed by atoms with Gasteiger partial charge in [0.25, 0.3) is 0 Å². The lowest BCUT2D eigenvalue weighted by Gasteiger charge is -2.28. The van der Waals surface area contributed by atoms with Gasteiger partial charge in [-0.2, -0.15) is 9.61 Å². The van der Waals surface area contributed by atoms with Gasteiger partial charge in [-0.05, 0) is 24.3 Å². The average Bonchev–Trinajstić information content (AvgIpc) is 3.22. The molecule has 1 saturated heterocycles. The predicted molar refractivity (Wildman–Crippen MR) is 113 cm³/mol. The number of aromatic nitrogens is 5. The molecule has 5 heterocycles. The molecule has 1 aliphatic rings. The quantitative estimate of drug-likeness (QED) is 0.544. The number of ether oxygens (including phenoxy) is 2. The number of hydrogen-bond acceptors (Lipinski definition) is 8. The Balaban J connectivity index is 1.43. The summed E-state index contributed by atoms with van der Waals surface area (Å²) in [4.78, 5) is 15.4. The van der Waals surface area contributed by atoms with Crippen LogP contribution in [0, 0.1) is 0 Å². The first-order chi connectivity index (χ1) is 14.8. The van der Waals surface area contributed by atoms with Gasteiger partial charge in [0.05, 0.1) is 32.2 Å². The van der Waals surface area contributed by atoms with Crippen LogP contribution < -0.4 is 15.0 Å². The van der Waals surface area contributed by atoms with Crippen molar-refractivity contribution in [2.24, 2.45) is 0 Å². The minimum atomic E-state index is 0.568. The molecule has 1 aliphatic heterocycles. The zero-order valence-corrected chi connectivity index (χ0v) is 16.5. The summed E-state index contributed by atoms with van der Waals surface area (Å²) >= 11 is 0. The second-order valence-electron chi connectivity index (χ2n) is 6.85. The van der Waals surface area contributed by atoms with Crippen LogP contribution in [-0.2, 0) is 4.74 Å². The van der Waals surface area contributed by atoms with E-state index in [-0.39, 0.29) is 0 Å². The molecule has 152 valence electrons. The van der Waals surface area contributed by atoms with E-state index < -0.39 is 0 Å². The van der Waals surface area contributed by atoms with Gasteiger partial charge in [-0.15, -0.1) is 0 Å². The molecular formula is C21H21N7O2. The average molecular weight is 403 g/mol. The molecule has 0 saturated carbocycles. The number of nitrogens with one attached hydrogen (secondary N) is 1. The van der Waals surface area contributed by atoms with Crippen molar-refractivity contribution in [3.63, 3.8) is 0 Å². The SMILES string of the molecule is COc1ccc(-c2ccc3ncc(Nc4ccnc(N5CCOCC5)c4)n3n2)cn1. The number of fused-ring (bicyclic) bond motifs is 1. The van der Waals surface area contributed by atoms with E-state index in [2.05, 4.69) is 25.2 Å². The second kappa shape index (κ2) is 7.96. The highest BCUT2D eigenvalue weighted by Gasteiger charge is 2.13. The maximum atomic E-state index is 5.43. The van der Waals surface area contributed by atoms with Gasteiger partial charge in [0.15, 0.2) is 11.5 Å². The number of hydrogen-bond donors (Lipinski definition) is 1. The molecule has 0 unspecified atom stereocenters. The Kier molecular flexibility index (Phi) is 4.86. The summed E-state index contributed by atoms with van der Waals surface area (Å²) in [5.74, 6) is 2.26. The van der Waals surface area contributed by atoms with Gasteiger partial charge >= 0.3 is 0 Å². The maximum Gasteiger partial charge on any atom is 0.212 e. The van der Waals surface area contributed by atoms with Gasteiger partial charge in [-0.25, -0.2) is 15.0 Å². The van der Waals surface area contributed by atoms with Gasteiger partial charge in [-0.1, -0.05) is 0 Å². The number of imidazole rings is 1. The first-order valence-electron chi connectivity index (χ1n) is 9.71. The molecular weight excluding hydrogens is 382 g/mol. The van der Waals surface area contributed by atoms with E-state index in [0.29, 0.717) is 5.88 Å². The fraction of sp³-hybridized carbons (Fsp3) is 0.238. The van der Waals surface area contributed by atoms with Crippen LogP contribution in [0.2, 0.25) is 0 Å². The Hall–Kier alpha value is -3.72. The Bertz CT molecular complexity index is 1150. The molecule has 0 aromatic carbocycles. The van der Waals surface area contributed by atoms with Crippen LogP contribution in [-0.4, -0.2) is 58.0 Å². The topological polar surface area (TPSA) is 89.7 Å². The Morgan fingerprint density at radius 1 is 1.00 bits per heavy atom. The Labute approximate surface area is 173 Å². The first kappa shape index (κ1) is 18.3. The molecule has 0 amide bonds. The highest BCUT2D eigenvalue weighted by molar-refractivity contribution is 5.65. The molecule has 1 N–H and O–H groups in total. The maximum absolute atomic E-state index is 5.43. The predicted octanol–water partition coefficient (Wildman–Crippen LogP) is 2.78. The fourth-order valence-electron chi connectivity index (χ4n) is 3.37. The van der Waals surface area contributed by atoms with Crippen molar-refractivity contribution >= 4 is 23.0 Å². The molecule has 0 spiro atoms. The van der Waals surface area contributed by atoms with E-state index in [1.165, 1.54) is 0 Å². The number of anilines is 3. The third kappa shape index (κ3) is 3.62. The van der Waals surface area contributed by atoms with Crippen LogP contribution in [0.3, 0.4) is 0 Å². The van der Waals surface area contributed by atoms with Crippen molar-refractivity contribution in [1.82, 2.24) is 24.6 Å². The van der Waals surface area contributed by atoms with E-state index in [1.807, 2.05) is 36.4 Å². The van der Waals surface area contributed by atoms with Crippen molar-refractivity contribution in [1.29, 1.82) is 0 Å². The van der Waals surface area contributed by atoms with Gasteiger partial charge < -0.3 is 19.7 Å². The van der Waals surface area contributed by atoms with Gasteiger partial charge in [-0.3, -0.25) is 0 Å². The minimum absolute atomic E-state index is 0.568. The summed E-state index contributed by atoms with van der Waals surface area (Å²) < 4.78 is 12.3. The van der Waals surface area contributed by atoms with E-state index in [0.717, 1.165) is 60.5 Å². The van der Waals surface area contributed by atoms with Crippen LogP contribution in [0.25, 0.3) is 16.9 Å². The highest BCUT2D eigenvalue weighted by Crippen LogP contribution is 2.24. The number of rotatable bonds is 5. The molecule has 5 rings (SSSR count). The van der Waals surface area contributed by atoms with Gasteiger partial charge in [0.1, 0.15) is 5.82 Å². The summed E-state index contributed by atoms with van der Waals surface area (Å²) in [6.07, 6.45) is 5.32. The lowest BCUT2D eigenvalue weighted by atomic mass is 10.2. The summed E-state index contributed by atoms with van der Waals surface area (Å²) in [7, 11) is 1.60. The van der Waals surface area contributed by atoms with Crippen LogP contribution in [0.15, 0.2) is 55.0 Å². The van der Waals surface area contributed by atoms with E-state index in [1.54, 1.807) is 30.2 Å². The van der Waals surface area contributed by atoms with Crippen LogP contribution in [0.4, 0.5) is 17.3 Å². The first-order valence-corrected chi connectivity index (χ1v) is 9.71. The van der Waals surface area contributed by atoms with Crippen molar-refractivity contribution in [3.8, 4) is 17.1 Å². The zero-order valence-electron chi connectivity index (χ0n) is 16.5. The fourth-order valence-corrected chi connectivity index (χ4v) is 3.37. The number of methoxy groups -OCH3 is 1. The molecule has 9 heteroatoms. The van der Waals surface area contributed by atoms with Crippen LogP contribution in [0.5, 0.6) is 5.88 Å². The monoisotopic (exact) mass is 403 g/mol. The smallest absolute Gasteiger partial charge is 0.212 e. The molecule has 4 aromatic rings. The third-order valence-corrected chi connectivity index (χ3v) is 4.96. The highest BCUT2D eigenvalue weighted by atomic mass is 16.5. The molecule has 1 fully saturated rings. The van der Waals surface area contributed by atoms with Crippen molar-refractivity contribution in [2.75, 3.05) is 43.6 Å². The van der Waals surface area contributed by atoms with Gasteiger partial charge in [0, 0.05) is 48.9 Å². The molecule has 0 radical (unpaired) electrons. The standard InChI is InChI=1S/C21H21N7O2/c1-29-21-5-2-15(13-24-21)17-3-4-18-23-14-20(28(18)26-17)25-16-6-7-22-19(12-16)27-8-10-30-11-9-27/h2-7,12-14H,8-11H2,1H3,(H,22,25). The minimum Gasteiger partial charge on any atom is -0.481 e. The number of morpholine rings is 1. The van der Waals surface area contributed by atoms with Crippen LogP contribution in [0.1, 0.15) is 0 Å². The number of nitrogens with zero attached hydrogens (tertiary/aromatic N) is 6. The second-order valence-corrected chi connectivity index (χ2v) is 6.85. The molecule has 4 aromatic heterocycles. The molecule has 0 aliphatic carbocycles. The molecule has 30 heavy (non-hydrogen) atoms. The zero-order chi connectivity index (χ0) is 20.3.